The molecular weight excluding hydrogens is 350 g/mol. The molecule has 1 aliphatic carbocycles. The van der Waals surface area contributed by atoms with Crippen molar-refractivity contribution in [2.24, 2.45) is 0 Å². The second kappa shape index (κ2) is 6.22. The van der Waals surface area contributed by atoms with Gasteiger partial charge in [0.2, 0.25) is 0 Å². The molecule has 2 rings (SSSR count). The summed E-state index contributed by atoms with van der Waals surface area (Å²) in [7, 11) is -3.54. The maximum absolute atomic E-state index is 12.1. The first kappa shape index (κ1) is 15.4. The lowest BCUT2D eigenvalue weighted by Gasteiger charge is -2.26. The monoisotopic (exact) mass is 367 g/mol. The topological polar surface area (TPSA) is 66.4 Å². The van der Waals surface area contributed by atoms with Gasteiger partial charge in [-0.2, -0.15) is 0 Å². The number of hydrogen-bond acceptors (Lipinski definition) is 4. The van der Waals surface area contributed by atoms with Crippen LogP contribution in [0.25, 0.3) is 0 Å². The van der Waals surface area contributed by atoms with Crippen LogP contribution in [0.3, 0.4) is 0 Å². The van der Waals surface area contributed by atoms with Gasteiger partial charge in [-0.25, -0.2) is 13.1 Å². The highest BCUT2D eigenvalue weighted by Crippen LogP contribution is 2.29. The molecule has 108 valence electrons. The van der Waals surface area contributed by atoms with E-state index in [1.807, 2.05) is 0 Å². The quantitative estimate of drug-likeness (QED) is 0.804. The van der Waals surface area contributed by atoms with Crippen LogP contribution in [0.15, 0.2) is 20.1 Å². The molecule has 0 saturated heterocycles. The van der Waals surface area contributed by atoms with Crippen molar-refractivity contribution in [2.75, 3.05) is 6.54 Å². The van der Waals surface area contributed by atoms with Crippen LogP contribution < -0.4 is 4.72 Å². The minimum Gasteiger partial charge on any atom is -0.389 e. The molecule has 1 heterocycles. The van der Waals surface area contributed by atoms with Crippen LogP contribution in [-0.4, -0.2) is 25.7 Å². The van der Waals surface area contributed by atoms with Crippen molar-refractivity contribution in [1.82, 2.24) is 4.72 Å². The molecule has 4 nitrogen and oxygen atoms in total. The molecule has 0 spiro atoms. The van der Waals surface area contributed by atoms with Crippen LogP contribution in [0, 0.1) is 0 Å². The fraction of sp³-hybridized carbons (Fsp3) is 0.667. The normalized spacial score (nSPS) is 20.1. The second-order valence-electron chi connectivity index (χ2n) is 5.02. The Bertz CT molecular complexity index is 519. The van der Waals surface area contributed by atoms with Crippen molar-refractivity contribution in [2.45, 2.75) is 48.3 Å². The van der Waals surface area contributed by atoms with Gasteiger partial charge in [-0.1, -0.05) is 25.7 Å². The standard InChI is InChI=1S/C12H18BrNO3S2/c13-10-5-8-18-11(10)19(16,17)14-9-12(15)6-3-1-2-4-7-12/h5,8,14-15H,1-4,6-7,9H2. The zero-order valence-corrected chi connectivity index (χ0v) is 13.8. The summed E-state index contributed by atoms with van der Waals surface area (Å²) in [6.45, 7) is 0.0969. The van der Waals surface area contributed by atoms with Gasteiger partial charge < -0.3 is 5.11 Å². The summed E-state index contributed by atoms with van der Waals surface area (Å²) in [6.07, 6.45) is 5.49. The Morgan fingerprint density at radius 1 is 1.32 bits per heavy atom. The molecule has 1 aliphatic rings. The fourth-order valence-corrected chi connectivity index (χ4v) is 5.83. The van der Waals surface area contributed by atoms with Gasteiger partial charge in [-0.15, -0.1) is 11.3 Å². The molecule has 7 heteroatoms. The Labute approximate surface area is 126 Å². The summed E-state index contributed by atoms with van der Waals surface area (Å²) in [4.78, 5) is 0. The van der Waals surface area contributed by atoms with E-state index in [9.17, 15) is 13.5 Å². The van der Waals surface area contributed by atoms with Gasteiger partial charge >= 0.3 is 0 Å². The third-order valence-corrected chi connectivity index (χ3v) is 7.53. The number of rotatable bonds is 4. The summed E-state index contributed by atoms with van der Waals surface area (Å²) in [5, 5.41) is 12.2. The van der Waals surface area contributed by atoms with Gasteiger partial charge in [-0.05, 0) is 40.2 Å². The SMILES string of the molecule is O=S(=O)(NCC1(O)CCCCCC1)c1sccc1Br. The molecule has 0 amide bonds. The molecule has 0 atom stereocenters. The van der Waals surface area contributed by atoms with E-state index in [0.29, 0.717) is 17.3 Å². The Morgan fingerprint density at radius 2 is 1.95 bits per heavy atom. The van der Waals surface area contributed by atoms with E-state index in [0.717, 1.165) is 25.7 Å². The van der Waals surface area contributed by atoms with Gasteiger partial charge in [0, 0.05) is 11.0 Å². The van der Waals surface area contributed by atoms with Crippen LogP contribution >= 0.6 is 27.3 Å². The van der Waals surface area contributed by atoms with Gasteiger partial charge in [0.1, 0.15) is 4.21 Å². The fourth-order valence-electron chi connectivity index (χ4n) is 2.33. The van der Waals surface area contributed by atoms with Crippen molar-refractivity contribution < 1.29 is 13.5 Å². The first-order chi connectivity index (χ1) is 8.93. The lowest BCUT2D eigenvalue weighted by atomic mass is 9.95. The predicted molar refractivity (Wildman–Crippen MR) is 79.9 cm³/mol. The van der Waals surface area contributed by atoms with E-state index >= 15 is 0 Å². The second-order valence-corrected chi connectivity index (χ2v) is 8.75. The van der Waals surface area contributed by atoms with Crippen LogP contribution in [0.4, 0.5) is 0 Å². The lowest BCUT2D eigenvalue weighted by Crippen LogP contribution is -2.42. The highest BCUT2D eigenvalue weighted by molar-refractivity contribution is 9.10. The Hall–Kier alpha value is 0.0500. The number of hydrogen-bond donors (Lipinski definition) is 2. The smallest absolute Gasteiger partial charge is 0.251 e. The van der Waals surface area contributed by atoms with E-state index in [1.54, 1.807) is 11.4 Å². The first-order valence-corrected chi connectivity index (χ1v) is 9.54. The average Bonchev–Trinajstić information content (AvgIpc) is 2.67. The number of halogens is 1. The molecule has 19 heavy (non-hydrogen) atoms. The van der Waals surface area contributed by atoms with Gasteiger partial charge in [0.25, 0.3) is 10.0 Å². The minimum atomic E-state index is -3.54. The summed E-state index contributed by atoms with van der Waals surface area (Å²) in [5.74, 6) is 0. The van der Waals surface area contributed by atoms with E-state index in [2.05, 4.69) is 20.7 Å². The van der Waals surface area contributed by atoms with E-state index in [-0.39, 0.29) is 10.8 Å². The predicted octanol–water partition coefficient (Wildman–Crippen LogP) is 2.87. The Balaban J connectivity index is 2.03. The first-order valence-electron chi connectivity index (χ1n) is 6.38. The molecule has 0 unspecified atom stereocenters. The average molecular weight is 368 g/mol. The lowest BCUT2D eigenvalue weighted by molar-refractivity contribution is 0.0303. The molecule has 1 aromatic heterocycles. The maximum atomic E-state index is 12.1. The Kier molecular flexibility index (Phi) is 5.05. The van der Waals surface area contributed by atoms with Crippen molar-refractivity contribution in [3.63, 3.8) is 0 Å². The zero-order valence-electron chi connectivity index (χ0n) is 10.6. The van der Waals surface area contributed by atoms with E-state index < -0.39 is 15.6 Å². The Morgan fingerprint density at radius 3 is 2.47 bits per heavy atom. The molecule has 0 radical (unpaired) electrons. The zero-order chi connectivity index (χ0) is 13.9. The number of nitrogens with one attached hydrogen (secondary N) is 1. The summed E-state index contributed by atoms with van der Waals surface area (Å²) in [6, 6.07) is 1.71. The van der Waals surface area contributed by atoms with Crippen molar-refractivity contribution in [3.05, 3.63) is 15.9 Å². The molecule has 0 aromatic carbocycles. The number of aliphatic hydroxyl groups is 1. The highest BCUT2D eigenvalue weighted by Gasteiger charge is 2.30. The highest BCUT2D eigenvalue weighted by atomic mass is 79.9. The van der Waals surface area contributed by atoms with Gasteiger partial charge in [0.05, 0.1) is 5.60 Å². The van der Waals surface area contributed by atoms with Crippen LogP contribution in [0.1, 0.15) is 38.5 Å². The molecular formula is C12H18BrNO3S2. The van der Waals surface area contributed by atoms with Gasteiger partial charge in [-0.3, -0.25) is 0 Å². The summed E-state index contributed by atoms with van der Waals surface area (Å²) < 4.78 is 27.7. The number of thiophene rings is 1. The third-order valence-electron chi connectivity index (χ3n) is 3.45. The largest absolute Gasteiger partial charge is 0.389 e. The van der Waals surface area contributed by atoms with Crippen LogP contribution in [0.2, 0.25) is 0 Å². The maximum Gasteiger partial charge on any atom is 0.251 e. The minimum absolute atomic E-state index is 0.0969. The van der Waals surface area contributed by atoms with Crippen LogP contribution in [0.5, 0.6) is 0 Å². The van der Waals surface area contributed by atoms with Gasteiger partial charge in [0.15, 0.2) is 0 Å². The van der Waals surface area contributed by atoms with Crippen molar-refractivity contribution in [3.8, 4) is 0 Å². The molecule has 1 saturated carbocycles. The van der Waals surface area contributed by atoms with Crippen LogP contribution in [-0.2, 0) is 10.0 Å². The van der Waals surface area contributed by atoms with Crippen molar-refractivity contribution in [1.29, 1.82) is 0 Å². The van der Waals surface area contributed by atoms with E-state index in [1.165, 1.54) is 11.3 Å². The summed E-state index contributed by atoms with van der Waals surface area (Å²) in [5.41, 5.74) is -0.896. The molecule has 0 bridgehead atoms. The van der Waals surface area contributed by atoms with Crippen molar-refractivity contribution >= 4 is 37.3 Å². The summed E-state index contributed by atoms with van der Waals surface area (Å²) >= 11 is 4.39. The number of sulfonamides is 1. The molecule has 1 aromatic rings. The van der Waals surface area contributed by atoms with E-state index in [4.69, 9.17) is 0 Å². The third kappa shape index (κ3) is 4.01. The molecule has 2 N–H and O–H groups in total. The molecule has 1 fully saturated rings. The molecule has 0 aliphatic heterocycles.